The molecular formula is C43H48N12O6S2. The van der Waals surface area contributed by atoms with Gasteiger partial charge in [0.15, 0.2) is 22.6 Å². The lowest BCUT2D eigenvalue weighted by atomic mass is 10.1. The Bertz CT molecular complexity index is 3240. The summed E-state index contributed by atoms with van der Waals surface area (Å²) in [5, 5.41) is 20.2. The van der Waals surface area contributed by atoms with Gasteiger partial charge in [0.2, 0.25) is 0 Å². The fourth-order valence-electron chi connectivity index (χ4n) is 8.54. The number of carbonyl (C=O) groups excluding carboxylic acids is 1. The number of ether oxygens (including phenoxy) is 1. The van der Waals surface area contributed by atoms with Crippen molar-refractivity contribution in [2.45, 2.75) is 112 Å². The molecule has 18 nitrogen and oxygen atoms in total. The molecule has 3 N–H and O–H groups in total. The maximum atomic E-state index is 13.3. The summed E-state index contributed by atoms with van der Waals surface area (Å²) >= 11 is 0. The second kappa shape index (κ2) is 15.8. The molecule has 63 heavy (non-hydrogen) atoms. The van der Waals surface area contributed by atoms with Crippen molar-refractivity contribution in [2.24, 2.45) is 5.73 Å². The van der Waals surface area contributed by atoms with E-state index < -0.39 is 31.7 Å². The van der Waals surface area contributed by atoms with Gasteiger partial charge in [-0.05, 0) is 110 Å². The third-order valence-corrected chi connectivity index (χ3v) is 15.0. The lowest BCUT2D eigenvalue weighted by Gasteiger charge is -2.21. The predicted molar refractivity (Wildman–Crippen MR) is 234 cm³/mol. The fourth-order valence-corrected chi connectivity index (χ4v) is 11.1. The zero-order chi connectivity index (χ0) is 44.4. The molecule has 0 saturated heterocycles. The van der Waals surface area contributed by atoms with Crippen LogP contribution in [0.1, 0.15) is 93.9 Å². The van der Waals surface area contributed by atoms with Crippen LogP contribution in [-0.2, 0) is 24.8 Å². The number of alkyl carbamates (subject to hydrolysis) is 1. The average Bonchev–Trinajstić information content (AvgIpc) is 4.08. The molecule has 1 amide bonds. The van der Waals surface area contributed by atoms with Gasteiger partial charge in [0.25, 0.3) is 20.0 Å². The van der Waals surface area contributed by atoms with E-state index in [1.807, 2.05) is 43.4 Å². The number of aromatic nitrogens is 10. The molecule has 20 heteroatoms. The number of rotatable bonds is 7. The summed E-state index contributed by atoms with van der Waals surface area (Å²) in [6.07, 6.45) is 10.8. The molecule has 0 unspecified atom stereocenters. The van der Waals surface area contributed by atoms with E-state index in [4.69, 9.17) is 10.5 Å². The van der Waals surface area contributed by atoms with Crippen molar-refractivity contribution >= 4 is 59.8 Å². The molecule has 4 atom stereocenters. The van der Waals surface area contributed by atoms with Crippen LogP contribution >= 0.6 is 0 Å². The summed E-state index contributed by atoms with van der Waals surface area (Å²) in [6, 6.07) is 17.1. The summed E-state index contributed by atoms with van der Waals surface area (Å²) in [7, 11) is -7.57. The van der Waals surface area contributed by atoms with Crippen LogP contribution in [0.15, 0.2) is 95.2 Å². The number of nitrogens with two attached hydrogens (primary N) is 1. The summed E-state index contributed by atoms with van der Waals surface area (Å²) in [5.41, 5.74) is 10.6. The molecule has 0 bridgehead atoms. The fraction of sp³-hybridized carbons (Fsp3) is 0.372. The summed E-state index contributed by atoms with van der Waals surface area (Å²) in [5.74, 6) is 1.81. The van der Waals surface area contributed by atoms with Crippen LogP contribution in [0.3, 0.4) is 0 Å². The molecule has 8 aromatic rings. The largest absolute Gasteiger partial charge is 0.444 e. The zero-order valence-corrected chi connectivity index (χ0v) is 37.1. The maximum absolute atomic E-state index is 13.3. The number of benzene rings is 2. The molecule has 2 aliphatic carbocycles. The van der Waals surface area contributed by atoms with Gasteiger partial charge in [0, 0.05) is 36.3 Å². The van der Waals surface area contributed by atoms with Crippen molar-refractivity contribution in [3.05, 3.63) is 108 Å². The monoisotopic (exact) mass is 892 g/mol. The Hall–Kier alpha value is -6.25. The standard InChI is InChI=1S/C24H28N6O4S.C19H20N6O2S/c1-15-5-9-18(10-6-15)35(32,33)29-12-11-19-22(29)25-14-20-27-28-21(30(19)20)16-7-8-17(13-16)26-23(31)34-24(2,3)4;1-12-2-6-15(7-3-12)28(26,27)24-9-8-16-19(24)21-11-17-22-23-18(25(16)17)13-4-5-14(20)10-13/h5-6,9-12,14,16-17H,7-8,13H2,1-4H3,(H,26,31);2-3,6-9,11,13-14H,4-5,10,20H2,1H3/t16-,17+;13-,14+/m11/s1. The minimum atomic E-state index is -3.82. The number of amides is 1. The van der Waals surface area contributed by atoms with E-state index in [0.717, 1.165) is 54.9 Å². The SMILES string of the molecule is Cc1ccc(S(=O)(=O)n2ccc3c2ncc2nnc([C@@H]4CC[C@H](N)C4)n23)cc1.Cc1ccc(S(=O)(=O)n2ccc3c2ncc2nnc([C@@H]4CC[C@H](NC(=O)OC(C)(C)C)C4)n23)cc1. The van der Waals surface area contributed by atoms with Crippen molar-refractivity contribution in [3.8, 4) is 0 Å². The van der Waals surface area contributed by atoms with Crippen LogP contribution in [0, 0.1) is 13.8 Å². The van der Waals surface area contributed by atoms with Gasteiger partial charge >= 0.3 is 6.09 Å². The van der Waals surface area contributed by atoms with Gasteiger partial charge < -0.3 is 15.8 Å². The lowest BCUT2D eigenvalue weighted by molar-refractivity contribution is 0.0505. The van der Waals surface area contributed by atoms with Gasteiger partial charge in [-0.15, -0.1) is 20.4 Å². The van der Waals surface area contributed by atoms with E-state index in [-0.39, 0.29) is 33.7 Å². The lowest BCUT2D eigenvalue weighted by Crippen LogP contribution is -2.37. The smallest absolute Gasteiger partial charge is 0.407 e. The molecule has 0 aliphatic heterocycles. The Balaban J connectivity index is 0.000000164. The molecule has 328 valence electrons. The number of aryl methyl sites for hydroxylation is 2. The Morgan fingerprint density at radius 3 is 1.57 bits per heavy atom. The molecule has 2 aliphatic rings. The van der Waals surface area contributed by atoms with Crippen LogP contribution in [0.5, 0.6) is 0 Å². The highest BCUT2D eigenvalue weighted by atomic mass is 32.2. The van der Waals surface area contributed by atoms with Crippen molar-refractivity contribution in [2.75, 3.05) is 0 Å². The first-order valence-corrected chi connectivity index (χ1v) is 23.7. The van der Waals surface area contributed by atoms with Crippen LogP contribution in [0.4, 0.5) is 4.79 Å². The van der Waals surface area contributed by atoms with Gasteiger partial charge in [-0.1, -0.05) is 35.4 Å². The minimum absolute atomic E-state index is 0.0361. The molecule has 6 aromatic heterocycles. The highest BCUT2D eigenvalue weighted by Crippen LogP contribution is 2.36. The average molecular weight is 893 g/mol. The molecule has 10 rings (SSSR count). The molecular weight excluding hydrogens is 845 g/mol. The van der Waals surface area contributed by atoms with E-state index in [1.54, 1.807) is 66.9 Å². The molecule has 2 saturated carbocycles. The minimum Gasteiger partial charge on any atom is -0.444 e. The van der Waals surface area contributed by atoms with Crippen molar-refractivity contribution in [3.63, 3.8) is 0 Å². The molecule has 2 fully saturated rings. The van der Waals surface area contributed by atoms with Crippen LogP contribution in [0.25, 0.3) is 33.6 Å². The number of hydrogen-bond donors (Lipinski definition) is 2. The van der Waals surface area contributed by atoms with Crippen molar-refractivity contribution in [1.82, 2.24) is 52.4 Å². The highest BCUT2D eigenvalue weighted by Gasteiger charge is 2.33. The third-order valence-electron chi connectivity index (χ3n) is 11.6. The zero-order valence-electron chi connectivity index (χ0n) is 35.5. The molecule has 0 radical (unpaired) electrons. The van der Waals surface area contributed by atoms with Gasteiger partial charge in [-0.3, -0.25) is 8.80 Å². The number of fused-ring (bicyclic) bond motifs is 6. The number of nitrogens with one attached hydrogen (secondary N) is 1. The number of hydrogen-bond acceptors (Lipinski definition) is 13. The van der Waals surface area contributed by atoms with Crippen LogP contribution in [0.2, 0.25) is 0 Å². The molecule has 2 aromatic carbocycles. The van der Waals surface area contributed by atoms with E-state index >= 15 is 0 Å². The third kappa shape index (κ3) is 7.90. The van der Waals surface area contributed by atoms with Crippen LogP contribution in [-0.4, -0.2) is 87.7 Å². The Kier molecular flexibility index (Phi) is 10.6. The van der Waals surface area contributed by atoms with Crippen molar-refractivity contribution in [1.29, 1.82) is 0 Å². The quantitative estimate of drug-likeness (QED) is 0.187. The maximum Gasteiger partial charge on any atom is 0.407 e. The first-order chi connectivity index (χ1) is 30.0. The molecule has 0 spiro atoms. The Morgan fingerprint density at radius 2 is 1.13 bits per heavy atom. The van der Waals surface area contributed by atoms with Crippen molar-refractivity contribution < 1.29 is 26.4 Å². The van der Waals surface area contributed by atoms with E-state index in [1.165, 1.54) is 26.5 Å². The Morgan fingerprint density at radius 1 is 0.667 bits per heavy atom. The van der Waals surface area contributed by atoms with Gasteiger partial charge in [0.1, 0.15) is 17.2 Å². The van der Waals surface area contributed by atoms with Crippen LogP contribution < -0.4 is 11.1 Å². The summed E-state index contributed by atoms with van der Waals surface area (Å²) < 4.78 is 64.5. The molecule has 6 heterocycles. The number of carbonyl (C=O) groups is 1. The number of nitrogens with zero attached hydrogens (tertiary/aromatic N) is 10. The Labute approximate surface area is 363 Å². The predicted octanol–water partition coefficient (Wildman–Crippen LogP) is 6.00. The van der Waals surface area contributed by atoms with Gasteiger partial charge in [-0.25, -0.2) is 39.5 Å². The second-order valence-electron chi connectivity index (χ2n) is 17.4. The van der Waals surface area contributed by atoms with Gasteiger partial charge in [-0.2, -0.15) is 0 Å². The first kappa shape index (κ1) is 42.1. The summed E-state index contributed by atoms with van der Waals surface area (Å²) in [4.78, 5) is 21.4. The van der Waals surface area contributed by atoms with E-state index in [0.29, 0.717) is 40.0 Å². The topological polar surface area (TPSA) is 229 Å². The normalized spacial score (nSPS) is 19.5. The summed E-state index contributed by atoms with van der Waals surface area (Å²) in [6.45, 7) is 9.32. The van der Waals surface area contributed by atoms with E-state index in [9.17, 15) is 21.6 Å². The second-order valence-corrected chi connectivity index (χ2v) is 21.1. The first-order valence-electron chi connectivity index (χ1n) is 20.8. The van der Waals surface area contributed by atoms with Gasteiger partial charge in [0.05, 0.1) is 33.2 Å². The van der Waals surface area contributed by atoms with E-state index in [2.05, 4.69) is 35.7 Å². The highest BCUT2D eigenvalue weighted by molar-refractivity contribution is 7.90.